The maximum Gasteiger partial charge on any atom is 0.306 e. The van der Waals surface area contributed by atoms with Gasteiger partial charge in [0.05, 0.1) is 12.0 Å². The molecular formula is C10H21NO3S. The Morgan fingerprint density at radius 2 is 2.00 bits per heavy atom. The lowest BCUT2D eigenvalue weighted by Gasteiger charge is -2.29. The molecule has 0 aliphatic carbocycles. The maximum atomic E-state index is 10.7. The van der Waals surface area contributed by atoms with Gasteiger partial charge in [-0.2, -0.15) is 0 Å². The molecule has 90 valence electrons. The van der Waals surface area contributed by atoms with Gasteiger partial charge in [-0.3, -0.25) is 4.79 Å². The zero-order valence-corrected chi connectivity index (χ0v) is 10.6. The maximum absolute atomic E-state index is 10.7. The molecule has 0 rings (SSSR count). The number of hydrogen-bond donors (Lipinski definition) is 3. The van der Waals surface area contributed by atoms with Crippen LogP contribution in [0.2, 0.25) is 0 Å². The Kier molecular flexibility index (Phi) is 6.96. The van der Waals surface area contributed by atoms with Gasteiger partial charge in [-0.1, -0.05) is 20.8 Å². The van der Waals surface area contributed by atoms with Gasteiger partial charge in [-0.05, 0) is 32.3 Å². The molecule has 0 radical (unpaired) electrons. The SMILES string of the molecule is CN[C@@H](C(C)C)[C@H](C[C@@H](C)C(=O)O)OS. The zero-order chi connectivity index (χ0) is 12.0. The molecule has 0 aliphatic heterocycles. The van der Waals surface area contributed by atoms with Crippen LogP contribution in [0.4, 0.5) is 0 Å². The Labute approximate surface area is 97.0 Å². The molecule has 0 heterocycles. The first-order valence-electron chi connectivity index (χ1n) is 5.14. The number of nitrogens with one attached hydrogen (secondary N) is 1. The highest BCUT2D eigenvalue weighted by Crippen LogP contribution is 2.18. The van der Waals surface area contributed by atoms with Crippen molar-refractivity contribution in [1.82, 2.24) is 5.32 Å². The van der Waals surface area contributed by atoms with Gasteiger partial charge in [-0.15, -0.1) is 0 Å². The average Bonchev–Trinajstić information content (AvgIpc) is 2.16. The third-order valence-corrected chi connectivity index (χ3v) is 2.87. The lowest BCUT2D eigenvalue weighted by atomic mass is 9.92. The Hall–Kier alpha value is -0.260. The van der Waals surface area contributed by atoms with Crippen LogP contribution in [-0.4, -0.2) is 30.3 Å². The predicted molar refractivity (Wildman–Crippen MR) is 63.0 cm³/mol. The molecule has 0 spiro atoms. The zero-order valence-electron chi connectivity index (χ0n) is 9.73. The highest BCUT2D eigenvalue weighted by molar-refractivity contribution is 7.75. The van der Waals surface area contributed by atoms with Gasteiger partial charge >= 0.3 is 5.97 Å². The van der Waals surface area contributed by atoms with E-state index < -0.39 is 11.9 Å². The molecule has 4 nitrogen and oxygen atoms in total. The smallest absolute Gasteiger partial charge is 0.306 e. The lowest BCUT2D eigenvalue weighted by Crippen LogP contribution is -2.43. The van der Waals surface area contributed by atoms with E-state index >= 15 is 0 Å². The van der Waals surface area contributed by atoms with Gasteiger partial charge in [0.25, 0.3) is 0 Å². The summed E-state index contributed by atoms with van der Waals surface area (Å²) in [5.41, 5.74) is 0. The van der Waals surface area contributed by atoms with Crippen LogP contribution in [0, 0.1) is 11.8 Å². The van der Waals surface area contributed by atoms with Crippen molar-refractivity contribution in [2.75, 3.05) is 7.05 Å². The second-order valence-corrected chi connectivity index (χ2v) is 4.39. The second-order valence-electron chi connectivity index (χ2n) is 4.18. The standard InChI is InChI=1S/C10H21NO3S/c1-6(2)9(11-4)8(14-15)5-7(3)10(12)13/h6-9,11,15H,5H2,1-4H3,(H,12,13)/t7-,8+,9+/m1/s1. The summed E-state index contributed by atoms with van der Waals surface area (Å²) in [4.78, 5) is 10.7. The van der Waals surface area contributed by atoms with Crippen LogP contribution in [0.25, 0.3) is 0 Å². The van der Waals surface area contributed by atoms with Crippen molar-refractivity contribution in [1.29, 1.82) is 0 Å². The van der Waals surface area contributed by atoms with Crippen LogP contribution in [0.15, 0.2) is 0 Å². The van der Waals surface area contributed by atoms with E-state index in [0.717, 1.165) is 0 Å². The first-order valence-corrected chi connectivity index (χ1v) is 5.50. The minimum absolute atomic E-state index is 0.115. The molecule has 2 N–H and O–H groups in total. The van der Waals surface area contributed by atoms with E-state index in [-0.39, 0.29) is 12.1 Å². The predicted octanol–water partition coefficient (Wildman–Crippen LogP) is 1.57. The van der Waals surface area contributed by atoms with Crippen LogP contribution in [0.3, 0.4) is 0 Å². The first-order chi connectivity index (χ1) is 6.93. The topological polar surface area (TPSA) is 58.6 Å². The molecule has 0 unspecified atom stereocenters. The third kappa shape index (κ3) is 4.86. The molecule has 0 bridgehead atoms. The highest BCUT2D eigenvalue weighted by atomic mass is 32.1. The van der Waals surface area contributed by atoms with Gasteiger partial charge < -0.3 is 14.6 Å². The number of carbonyl (C=O) groups is 1. The van der Waals surface area contributed by atoms with E-state index in [1.807, 2.05) is 7.05 Å². The summed E-state index contributed by atoms with van der Waals surface area (Å²) < 4.78 is 5.05. The van der Waals surface area contributed by atoms with Crippen LogP contribution in [0.5, 0.6) is 0 Å². The van der Waals surface area contributed by atoms with Crippen molar-refractivity contribution in [3.05, 3.63) is 0 Å². The van der Waals surface area contributed by atoms with E-state index in [9.17, 15) is 4.79 Å². The first kappa shape index (κ1) is 14.7. The monoisotopic (exact) mass is 235 g/mol. The number of carboxylic acids is 1. The van der Waals surface area contributed by atoms with E-state index in [4.69, 9.17) is 9.29 Å². The highest BCUT2D eigenvalue weighted by Gasteiger charge is 2.27. The average molecular weight is 235 g/mol. The summed E-state index contributed by atoms with van der Waals surface area (Å²) in [6.45, 7) is 5.80. The normalized spacial score (nSPS) is 17.5. The Balaban J connectivity index is 4.39. The Bertz CT molecular complexity index is 199. The molecule has 0 fully saturated rings. The van der Waals surface area contributed by atoms with Crippen molar-refractivity contribution in [2.45, 2.75) is 39.3 Å². The summed E-state index contributed by atoms with van der Waals surface area (Å²) in [6, 6.07) is 0.115. The number of likely N-dealkylation sites (N-methyl/N-ethyl adjacent to an activating group) is 1. The fourth-order valence-corrected chi connectivity index (χ4v) is 1.87. The van der Waals surface area contributed by atoms with Crippen molar-refractivity contribution in [3.8, 4) is 0 Å². The van der Waals surface area contributed by atoms with Crippen molar-refractivity contribution < 1.29 is 14.1 Å². The van der Waals surface area contributed by atoms with Crippen LogP contribution in [-0.2, 0) is 8.98 Å². The number of rotatable bonds is 7. The summed E-state index contributed by atoms with van der Waals surface area (Å²) in [5.74, 6) is -0.853. The molecule has 0 amide bonds. The summed E-state index contributed by atoms with van der Waals surface area (Å²) in [7, 11) is 1.84. The number of hydrogen-bond acceptors (Lipinski definition) is 4. The Morgan fingerprint density at radius 3 is 2.27 bits per heavy atom. The largest absolute Gasteiger partial charge is 0.481 e. The van der Waals surface area contributed by atoms with E-state index in [0.29, 0.717) is 12.3 Å². The fourth-order valence-electron chi connectivity index (χ4n) is 1.65. The number of thiol groups is 1. The van der Waals surface area contributed by atoms with Crippen LogP contribution >= 0.6 is 12.9 Å². The second kappa shape index (κ2) is 7.09. The van der Waals surface area contributed by atoms with Crippen molar-refractivity contribution in [2.24, 2.45) is 11.8 Å². The molecule has 0 saturated heterocycles. The van der Waals surface area contributed by atoms with Gasteiger partial charge in [-0.25, -0.2) is 0 Å². The van der Waals surface area contributed by atoms with Crippen molar-refractivity contribution >= 4 is 18.9 Å². The number of aliphatic carboxylic acids is 1. The quantitative estimate of drug-likeness (QED) is 0.463. The molecule has 0 saturated carbocycles. The minimum atomic E-state index is -0.802. The molecule has 0 aromatic rings. The Morgan fingerprint density at radius 1 is 1.47 bits per heavy atom. The van der Waals surface area contributed by atoms with Gasteiger partial charge in [0.15, 0.2) is 0 Å². The molecular weight excluding hydrogens is 214 g/mol. The minimum Gasteiger partial charge on any atom is -0.481 e. The van der Waals surface area contributed by atoms with Crippen LogP contribution < -0.4 is 5.32 Å². The summed E-state index contributed by atoms with van der Waals surface area (Å²) in [6.07, 6.45) is 0.270. The fraction of sp³-hybridized carbons (Fsp3) is 0.900. The van der Waals surface area contributed by atoms with Gasteiger partial charge in [0.2, 0.25) is 0 Å². The molecule has 5 heteroatoms. The van der Waals surface area contributed by atoms with Crippen LogP contribution in [0.1, 0.15) is 27.2 Å². The van der Waals surface area contributed by atoms with Gasteiger partial charge in [0, 0.05) is 6.04 Å². The lowest BCUT2D eigenvalue weighted by molar-refractivity contribution is -0.142. The summed E-state index contributed by atoms with van der Waals surface area (Å²) >= 11 is 3.81. The molecule has 0 aromatic heterocycles. The van der Waals surface area contributed by atoms with Crippen molar-refractivity contribution in [3.63, 3.8) is 0 Å². The molecule has 3 atom stereocenters. The molecule has 15 heavy (non-hydrogen) atoms. The van der Waals surface area contributed by atoms with E-state index in [1.165, 1.54) is 0 Å². The molecule has 0 aromatic carbocycles. The van der Waals surface area contributed by atoms with E-state index in [1.54, 1.807) is 6.92 Å². The number of carboxylic acid groups (broad SMARTS) is 1. The molecule has 0 aliphatic rings. The third-order valence-electron chi connectivity index (χ3n) is 2.59. The van der Waals surface area contributed by atoms with Gasteiger partial charge in [0.1, 0.15) is 0 Å². The van der Waals surface area contributed by atoms with E-state index in [2.05, 4.69) is 32.1 Å². The summed E-state index contributed by atoms with van der Waals surface area (Å²) in [5, 5.41) is 11.9.